The van der Waals surface area contributed by atoms with Crippen molar-refractivity contribution in [2.45, 2.75) is 12.8 Å². The number of rotatable bonds is 3. The number of aromatic nitrogens is 3. The smallest absolute Gasteiger partial charge is 0.222 e. The zero-order chi connectivity index (χ0) is 12.4. The van der Waals surface area contributed by atoms with E-state index in [0.29, 0.717) is 5.28 Å². The van der Waals surface area contributed by atoms with Crippen LogP contribution < -0.4 is 0 Å². The monoisotopic (exact) mass is 257 g/mol. The quantitative estimate of drug-likeness (QED) is 0.731. The molecule has 3 nitrogen and oxygen atoms in total. The van der Waals surface area contributed by atoms with E-state index in [2.05, 4.69) is 39.2 Å². The first-order valence-corrected chi connectivity index (χ1v) is 6.22. The molecule has 0 aliphatic carbocycles. The normalized spacial score (nSPS) is 10.9. The van der Waals surface area contributed by atoms with E-state index in [4.69, 9.17) is 11.6 Å². The van der Waals surface area contributed by atoms with Crippen LogP contribution in [0.2, 0.25) is 5.28 Å². The Morgan fingerprint density at radius 2 is 2.06 bits per heavy atom. The standard InChI is InChI=1S/C14H12ClN3/c15-14-17-8-6-12(18-14)4-2-10-1-3-11-5-7-16-13(11)9-10/h1,3,5-9,16H,2,4H2. The van der Waals surface area contributed by atoms with Crippen LogP contribution in [0, 0.1) is 0 Å². The van der Waals surface area contributed by atoms with E-state index >= 15 is 0 Å². The van der Waals surface area contributed by atoms with Gasteiger partial charge in [-0.05, 0) is 53.6 Å². The molecule has 0 radical (unpaired) electrons. The van der Waals surface area contributed by atoms with Crippen molar-refractivity contribution in [1.82, 2.24) is 15.0 Å². The molecule has 1 aromatic carbocycles. The fourth-order valence-corrected chi connectivity index (χ4v) is 2.20. The number of aryl methyl sites for hydroxylation is 2. The molecule has 0 amide bonds. The maximum absolute atomic E-state index is 5.76. The predicted molar refractivity (Wildman–Crippen MR) is 72.7 cm³/mol. The Morgan fingerprint density at radius 3 is 2.94 bits per heavy atom. The van der Waals surface area contributed by atoms with Crippen molar-refractivity contribution in [3.8, 4) is 0 Å². The zero-order valence-corrected chi connectivity index (χ0v) is 10.5. The van der Waals surface area contributed by atoms with Gasteiger partial charge < -0.3 is 4.98 Å². The van der Waals surface area contributed by atoms with Gasteiger partial charge in [-0.1, -0.05) is 12.1 Å². The van der Waals surface area contributed by atoms with E-state index in [1.807, 2.05) is 12.3 Å². The summed E-state index contributed by atoms with van der Waals surface area (Å²) in [5.41, 5.74) is 3.44. The van der Waals surface area contributed by atoms with Gasteiger partial charge in [0, 0.05) is 23.6 Å². The maximum atomic E-state index is 5.76. The van der Waals surface area contributed by atoms with Crippen molar-refractivity contribution >= 4 is 22.5 Å². The third kappa shape index (κ3) is 2.36. The van der Waals surface area contributed by atoms with Crippen LogP contribution in [0.4, 0.5) is 0 Å². The molecular formula is C14H12ClN3. The van der Waals surface area contributed by atoms with E-state index < -0.39 is 0 Å². The summed E-state index contributed by atoms with van der Waals surface area (Å²) in [7, 11) is 0. The molecule has 0 fully saturated rings. The molecule has 90 valence electrons. The number of benzene rings is 1. The summed E-state index contributed by atoms with van der Waals surface area (Å²) < 4.78 is 0. The highest BCUT2D eigenvalue weighted by molar-refractivity contribution is 6.28. The van der Waals surface area contributed by atoms with E-state index in [-0.39, 0.29) is 0 Å². The molecule has 4 heteroatoms. The number of halogens is 1. The Hall–Kier alpha value is -1.87. The summed E-state index contributed by atoms with van der Waals surface area (Å²) in [5, 5.41) is 1.55. The minimum Gasteiger partial charge on any atom is -0.361 e. The van der Waals surface area contributed by atoms with Gasteiger partial charge in [-0.15, -0.1) is 0 Å². The highest BCUT2D eigenvalue weighted by Crippen LogP contribution is 2.15. The fraction of sp³-hybridized carbons (Fsp3) is 0.143. The molecule has 18 heavy (non-hydrogen) atoms. The fourth-order valence-electron chi connectivity index (χ4n) is 2.03. The first kappa shape index (κ1) is 11.2. The third-order valence-electron chi connectivity index (χ3n) is 2.97. The van der Waals surface area contributed by atoms with Crippen molar-refractivity contribution < 1.29 is 0 Å². The Bertz CT molecular complexity index is 675. The average molecular weight is 258 g/mol. The van der Waals surface area contributed by atoms with Gasteiger partial charge >= 0.3 is 0 Å². The summed E-state index contributed by atoms with van der Waals surface area (Å²) in [4.78, 5) is 11.3. The van der Waals surface area contributed by atoms with Gasteiger partial charge in [-0.2, -0.15) is 0 Å². The molecule has 3 rings (SSSR count). The number of nitrogens with zero attached hydrogens (tertiary/aromatic N) is 2. The van der Waals surface area contributed by atoms with Gasteiger partial charge in [-0.25, -0.2) is 9.97 Å². The Kier molecular flexibility index (Phi) is 2.99. The second-order valence-corrected chi connectivity index (χ2v) is 4.55. The second-order valence-electron chi connectivity index (χ2n) is 4.22. The largest absolute Gasteiger partial charge is 0.361 e. The number of hydrogen-bond acceptors (Lipinski definition) is 2. The van der Waals surface area contributed by atoms with Crippen LogP contribution in [-0.4, -0.2) is 15.0 Å². The first-order valence-electron chi connectivity index (χ1n) is 5.85. The molecule has 1 N–H and O–H groups in total. The average Bonchev–Trinajstić information content (AvgIpc) is 2.84. The van der Waals surface area contributed by atoms with E-state index in [1.165, 1.54) is 16.5 Å². The Morgan fingerprint density at radius 1 is 1.11 bits per heavy atom. The number of aromatic amines is 1. The summed E-state index contributed by atoms with van der Waals surface area (Å²) in [6.45, 7) is 0. The molecule has 0 saturated carbocycles. The van der Waals surface area contributed by atoms with Crippen molar-refractivity contribution in [1.29, 1.82) is 0 Å². The first-order chi connectivity index (χ1) is 8.81. The molecule has 0 aliphatic heterocycles. The number of hydrogen-bond donors (Lipinski definition) is 1. The van der Waals surface area contributed by atoms with Crippen LogP contribution in [0.25, 0.3) is 10.9 Å². The van der Waals surface area contributed by atoms with Gasteiger partial charge in [0.05, 0.1) is 0 Å². The zero-order valence-electron chi connectivity index (χ0n) is 9.73. The predicted octanol–water partition coefficient (Wildman–Crippen LogP) is 3.40. The van der Waals surface area contributed by atoms with Gasteiger partial charge in [0.2, 0.25) is 5.28 Å². The van der Waals surface area contributed by atoms with Crippen LogP contribution in [0.1, 0.15) is 11.3 Å². The summed E-state index contributed by atoms with van der Waals surface area (Å²) in [5.74, 6) is 0. The van der Waals surface area contributed by atoms with Crippen LogP contribution >= 0.6 is 11.6 Å². The minimum absolute atomic E-state index is 0.312. The molecule has 3 aromatic rings. The van der Waals surface area contributed by atoms with Gasteiger partial charge in [0.25, 0.3) is 0 Å². The number of nitrogens with one attached hydrogen (secondary N) is 1. The molecule has 2 heterocycles. The molecule has 2 aromatic heterocycles. The molecule has 0 aliphatic rings. The maximum Gasteiger partial charge on any atom is 0.222 e. The summed E-state index contributed by atoms with van der Waals surface area (Å²) >= 11 is 5.76. The molecule has 0 bridgehead atoms. The van der Waals surface area contributed by atoms with Crippen molar-refractivity contribution in [3.63, 3.8) is 0 Å². The van der Waals surface area contributed by atoms with E-state index in [1.54, 1.807) is 6.20 Å². The van der Waals surface area contributed by atoms with Crippen molar-refractivity contribution in [2.24, 2.45) is 0 Å². The third-order valence-corrected chi connectivity index (χ3v) is 3.16. The lowest BCUT2D eigenvalue weighted by Gasteiger charge is -2.02. The minimum atomic E-state index is 0.312. The number of H-pyrrole nitrogens is 1. The molecule has 0 spiro atoms. The van der Waals surface area contributed by atoms with E-state index in [0.717, 1.165) is 18.5 Å². The molecule has 0 unspecified atom stereocenters. The second kappa shape index (κ2) is 4.78. The van der Waals surface area contributed by atoms with Crippen molar-refractivity contribution in [3.05, 3.63) is 59.3 Å². The van der Waals surface area contributed by atoms with E-state index in [9.17, 15) is 0 Å². The summed E-state index contributed by atoms with van der Waals surface area (Å²) in [6.07, 6.45) is 5.47. The van der Waals surface area contributed by atoms with Crippen LogP contribution in [0.5, 0.6) is 0 Å². The summed E-state index contributed by atoms with van der Waals surface area (Å²) in [6, 6.07) is 10.4. The lowest BCUT2D eigenvalue weighted by atomic mass is 10.1. The van der Waals surface area contributed by atoms with Gasteiger partial charge in [-0.3, -0.25) is 0 Å². The molecular weight excluding hydrogens is 246 g/mol. The Labute approximate surface area is 110 Å². The Balaban J connectivity index is 1.76. The molecule has 0 atom stereocenters. The lowest BCUT2D eigenvalue weighted by molar-refractivity contribution is 0.901. The van der Waals surface area contributed by atoms with Gasteiger partial charge in [0.15, 0.2) is 0 Å². The number of fused-ring (bicyclic) bond motifs is 1. The lowest BCUT2D eigenvalue weighted by Crippen LogP contribution is -1.95. The highest BCUT2D eigenvalue weighted by atomic mass is 35.5. The SMILES string of the molecule is Clc1nccc(CCc2ccc3cc[nH]c3c2)n1. The molecule has 0 saturated heterocycles. The van der Waals surface area contributed by atoms with Crippen LogP contribution in [0.3, 0.4) is 0 Å². The van der Waals surface area contributed by atoms with Crippen LogP contribution in [-0.2, 0) is 12.8 Å². The van der Waals surface area contributed by atoms with Crippen molar-refractivity contribution in [2.75, 3.05) is 0 Å². The van der Waals surface area contributed by atoms with Crippen LogP contribution in [0.15, 0.2) is 42.7 Å². The van der Waals surface area contributed by atoms with Gasteiger partial charge in [0.1, 0.15) is 0 Å². The highest BCUT2D eigenvalue weighted by Gasteiger charge is 2.00. The topological polar surface area (TPSA) is 41.6 Å².